The van der Waals surface area contributed by atoms with Gasteiger partial charge < -0.3 is 14.8 Å². The van der Waals surface area contributed by atoms with Crippen molar-refractivity contribution < 1.29 is 38.7 Å². The number of allylic oxidation sites excluding steroid dienone is 3. The number of dihydropyridines is 1. The first kappa shape index (κ1) is 26.3. The minimum absolute atomic E-state index is 0.0826. The fourth-order valence-corrected chi connectivity index (χ4v) is 4.19. The van der Waals surface area contributed by atoms with Gasteiger partial charge in [-0.1, -0.05) is 6.07 Å². The minimum atomic E-state index is -2.03. The van der Waals surface area contributed by atoms with E-state index in [9.17, 15) is 34.6 Å². The molecule has 13 nitrogen and oxygen atoms in total. The average molecular weight is 503 g/mol. The van der Waals surface area contributed by atoms with E-state index in [1.807, 2.05) is 0 Å². The molecule has 192 valence electrons. The molecule has 0 radical (unpaired) electrons. The number of benzene rings is 1. The van der Waals surface area contributed by atoms with Gasteiger partial charge in [0.25, 0.3) is 5.09 Å². The molecule has 1 aromatic rings. The number of ketones is 1. The topological polar surface area (TPSA) is 177 Å². The standard InChI is InChI=1S/C23H25N3O10/c1-5-34-21(28)18-12(2)24-14-7-6-8-16(27)20(14)19(18)13-9-10-17(15(11-13)25(30)31)35-22(29)23(3,4)36-26(32)33/h9-11,19,24H,5-8H2,1-4H3. The summed E-state index contributed by atoms with van der Waals surface area (Å²) in [5.41, 5.74) is -0.852. The number of nitrogens with one attached hydrogen (secondary N) is 1. The van der Waals surface area contributed by atoms with Gasteiger partial charge >= 0.3 is 17.6 Å². The van der Waals surface area contributed by atoms with Gasteiger partial charge in [-0.25, -0.2) is 9.59 Å². The number of esters is 2. The van der Waals surface area contributed by atoms with Crippen LogP contribution in [0.25, 0.3) is 0 Å². The molecule has 3 rings (SSSR count). The first-order valence-electron chi connectivity index (χ1n) is 11.1. The molecule has 1 aliphatic heterocycles. The van der Waals surface area contributed by atoms with Crippen LogP contribution in [0.5, 0.6) is 5.75 Å². The lowest BCUT2D eigenvalue weighted by Gasteiger charge is -2.34. The molecule has 0 amide bonds. The third-order valence-electron chi connectivity index (χ3n) is 5.78. The predicted octanol–water partition coefficient (Wildman–Crippen LogP) is 3.02. The molecule has 0 spiro atoms. The maximum absolute atomic E-state index is 12.9. The molecule has 0 aromatic heterocycles. The highest BCUT2D eigenvalue weighted by Gasteiger charge is 2.41. The summed E-state index contributed by atoms with van der Waals surface area (Å²) in [7, 11) is 0. The number of ether oxygens (including phenoxy) is 2. The number of hydrogen-bond acceptors (Lipinski definition) is 11. The Balaban J connectivity index is 2.11. The van der Waals surface area contributed by atoms with Crippen LogP contribution in [0.4, 0.5) is 5.69 Å². The Hall–Kier alpha value is -4.29. The highest BCUT2D eigenvalue weighted by atomic mass is 17.0. The van der Waals surface area contributed by atoms with Crippen molar-refractivity contribution in [1.29, 1.82) is 0 Å². The van der Waals surface area contributed by atoms with Crippen LogP contribution in [0.1, 0.15) is 58.4 Å². The summed E-state index contributed by atoms with van der Waals surface area (Å²) in [4.78, 5) is 64.3. The fraction of sp³-hybridized carbons (Fsp3) is 0.435. The van der Waals surface area contributed by atoms with Gasteiger partial charge in [-0.3, -0.25) is 19.7 Å². The van der Waals surface area contributed by atoms with Crippen LogP contribution in [0.2, 0.25) is 0 Å². The molecule has 0 saturated heterocycles. The van der Waals surface area contributed by atoms with Crippen molar-refractivity contribution in [1.82, 2.24) is 5.32 Å². The first-order chi connectivity index (χ1) is 16.9. The third-order valence-corrected chi connectivity index (χ3v) is 5.78. The lowest BCUT2D eigenvalue weighted by Crippen LogP contribution is -2.40. The zero-order valence-corrected chi connectivity index (χ0v) is 20.1. The van der Waals surface area contributed by atoms with E-state index < -0.39 is 44.9 Å². The van der Waals surface area contributed by atoms with E-state index in [0.717, 1.165) is 26.0 Å². The highest BCUT2D eigenvalue weighted by molar-refractivity contribution is 6.03. The number of nitro benzene ring substituents is 1. The molecule has 1 aromatic carbocycles. The second kappa shape index (κ2) is 10.1. The molecule has 1 heterocycles. The van der Waals surface area contributed by atoms with E-state index in [1.54, 1.807) is 13.8 Å². The van der Waals surface area contributed by atoms with Gasteiger partial charge in [0.15, 0.2) is 5.78 Å². The quantitative estimate of drug-likeness (QED) is 0.239. The Kier molecular flexibility index (Phi) is 7.41. The first-order valence-corrected chi connectivity index (χ1v) is 11.1. The molecule has 0 fully saturated rings. The molecular formula is C23H25N3O10. The van der Waals surface area contributed by atoms with Gasteiger partial charge in [0.2, 0.25) is 11.4 Å². The van der Waals surface area contributed by atoms with Crippen molar-refractivity contribution in [2.45, 2.75) is 58.5 Å². The normalized spacial score (nSPS) is 17.7. The van der Waals surface area contributed by atoms with Gasteiger partial charge in [-0.05, 0) is 52.2 Å². The third kappa shape index (κ3) is 5.19. The zero-order valence-electron chi connectivity index (χ0n) is 20.1. The number of nitro groups is 1. The Morgan fingerprint density at radius 3 is 2.50 bits per heavy atom. The van der Waals surface area contributed by atoms with Gasteiger partial charge in [0, 0.05) is 35.4 Å². The van der Waals surface area contributed by atoms with Gasteiger partial charge in [0.1, 0.15) is 0 Å². The van der Waals surface area contributed by atoms with Gasteiger partial charge in [-0.2, -0.15) is 0 Å². The number of Topliss-reactive ketones (excluding diaryl/α,β-unsaturated/α-hetero) is 1. The van der Waals surface area contributed by atoms with Crippen LogP contribution in [0, 0.1) is 20.2 Å². The SMILES string of the molecule is CCOC(=O)C1=C(C)NC2=C(C(=O)CCC2)C1c1ccc(OC(=O)C(C)(C)O[N+](=O)[O-])c([N+](=O)[O-])c1. The Morgan fingerprint density at radius 2 is 1.89 bits per heavy atom. The molecule has 1 N–H and O–H groups in total. The number of carbonyl (C=O) groups excluding carboxylic acids is 3. The van der Waals surface area contributed by atoms with Crippen molar-refractivity contribution in [2.24, 2.45) is 0 Å². The summed E-state index contributed by atoms with van der Waals surface area (Å²) in [5, 5.41) is 24.5. The number of nitrogens with zero attached hydrogens (tertiary/aromatic N) is 2. The molecule has 1 aliphatic carbocycles. The monoisotopic (exact) mass is 503 g/mol. The summed E-state index contributed by atoms with van der Waals surface area (Å²) in [6, 6.07) is 3.65. The van der Waals surface area contributed by atoms with E-state index in [2.05, 4.69) is 10.2 Å². The summed E-state index contributed by atoms with van der Waals surface area (Å²) >= 11 is 0. The molecule has 0 saturated carbocycles. The molecular weight excluding hydrogens is 478 g/mol. The number of hydrogen-bond donors (Lipinski definition) is 1. The van der Waals surface area contributed by atoms with E-state index in [-0.39, 0.29) is 29.9 Å². The predicted molar refractivity (Wildman–Crippen MR) is 122 cm³/mol. The molecule has 0 bridgehead atoms. The van der Waals surface area contributed by atoms with Crippen molar-refractivity contribution >= 4 is 23.4 Å². The summed E-state index contributed by atoms with van der Waals surface area (Å²) < 4.78 is 10.3. The minimum Gasteiger partial charge on any atom is -0.463 e. The molecule has 1 unspecified atom stereocenters. The van der Waals surface area contributed by atoms with E-state index in [4.69, 9.17) is 9.47 Å². The van der Waals surface area contributed by atoms with Crippen LogP contribution in [-0.4, -0.2) is 39.9 Å². The molecule has 2 aliphatic rings. The largest absolute Gasteiger partial charge is 0.463 e. The van der Waals surface area contributed by atoms with Gasteiger partial charge in [0.05, 0.1) is 17.1 Å². The fourth-order valence-electron chi connectivity index (χ4n) is 4.19. The van der Waals surface area contributed by atoms with Crippen LogP contribution in [0.15, 0.2) is 40.7 Å². The van der Waals surface area contributed by atoms with Crippen LogP contribution in [-0.2, 0) is 24.0 Å². The smallest absolute Gasteiger partial charge is 0.343 e. The number of carbonyl (C=O) groups is 3. The zero-order chi connectivity index (χ0) is 26.8. The van der Waals surface area contributed by atoms with Crippen molar-refractivity contribution in [3.05, 3.63) is 66.5 Å². The van der Waals surface area contributed by atoms with Crippen LogP contribution < -0.4 is 10.1 Å². The Bertz CT molecular complexity index is 1210. The molecule has 13 heteroatoms. The van der Waals surface area contributed by atoms with E-state index in [0.29, 0.717) is 29.8 Å². The maximum Gasteiger partial charge on any atom is 0.343 e. The Morgan fingerprint density at radius 1 is 1.19 bits per heavy atom. The lowest BCUT2D eigenvalue weighted by molar-refractivity contribution is -0.774. The average Bonchev–Trinajstić information content (AvgIpc) is 2.77. The van der Waals surface area contributed by atoms with Crippen molar-refractivity contribution in [3.63, 3.8) is 0 Å². The number of rotatable bonds is 8. The van der Waals surface area contributed by atoms with Crippen molar-refractivity contribution in [3.8, 4) is 5.75 Å². The summed E-state index contributed by atoms with van der Waals surface area (Å²) in [5.74, 6) is -3.52. The lowest BCUT2D eigenvalue weighted by atomic mass is 9.75. The molecule has 36 heavy (non-hydrogen) atoms. The summed E-state index contributed by atoms with van der Waals surface area (Å²) in [6.07, 6.45) is 1.44. The van der Waals surface area contributed by atoms with E-state index in [1.165, 1.54) is 6.07 Å². The second-order valence-corrected chi connectivity index (χ2v) is 8.69. The molecule has 1 atom stereocenters. The maximum atomic E-state index is 12.9. The van der Waals surface area contributed by atoms with Crippen LogP contribution >= 0.6 is 0 Å². The highest BCUT2D eigenvalue weighted by Crippen LogP contribution is 2.44. The Labute approximate surface area is 205 Å². The van der Waals surface area contributed by atoms with Crippen molar-refractivity contribution in [2.75, 3.05) is 6.61 Å². The van der Waals surface area contributed by atoms with E-state index >= 15 is 0 Å². The van der Waals surface area contributed by atoms with Crippen LogP contribution in [0.3, 0.4) is 0 Å². The van der Waals surface area contributed by atoms with Gasteiger partial charge in [-0.15, -0.1) is 10.1 Å². The second-order valence-electron chi connectivity index (χ2n) is 8.69. The summed E-state index contributed by atoms with van der Waals surface area (Å²) in [6.45, 7) is 5.53.